The molecule has 0 saturated carbocycles. The largest absolute Gasteiger partial charge is 0.457 e. The van der Waals surface area contributed by atoms with Crippen molar-refractivity contribution < 1.29 is 9.21 Å². The summed E-state index contributed by atoms with van der Waals surface area (Å²) in [6.07, 6.45) is 1.80. The van der Waals surface area contributed by atoms with Crippen LogP contribution in [0.3, 0.4) is 0 Å². The molecule has 0 bridgehead atoms. The zero-order chi connectivity index (χ0) is 23.3. The topological polar surface area (TPSA) is 45.8 Å². The summed E-state index contributed by atoms with van der Waals surface area (Å²) >= 11 is 4.84. The Hall–Kier alpha value is -3.35. The van der Waals surface area contributed by atoms with Crippen LogP contribution < -0.4 is 0 Å². The number of nitrogens with zero attached hydrogens (tertiary/aromatic N) is 2. The first-order valence-electron chi connectivity index (χ1n) is 10.9. The van der Waals surface area contributed by atoms with Crippen molar-refractivity contribution in [3.63, 3.8) is 0 Å². The van der Waals surface area contributed by atoms with Crippen molar-refractivity contribution in [3.8, 4) is 11.3 Å². The van der Waals surface area contributed by atoms with Gasteiger partial charge in [-0.2, -0.15) is 0 Å². The van der Waals surface area contributed by atoms with Gasteiger partial charge in [-0.25, -0.2) is 0 Å². The number of thioether (sulfide) groups is 1. The Balaban J connectivity index is 1.42. The summed E-state index contributed by atoms with van der Waals surface area (Å²) in [6.45, 7) is 0.990. The standard InChI is InChI=1S/C28H21BrN2O2S/c29-23-13-11-22(12-14-23)25-16-15-24(33-25)17-26-27(32)31(19-21-9-5-2-6-10-21)28(34-26)30-18-20-7-3-1-4-8-20/h1-17H,18-19H2/b26-17-,30-28?. The number of rotatable bonds is 6. The van der Waals surface area contributed by atoms with Crippen molar-refractivity contribution in [1.29, 1.82) is 0 Å². The molecule has 0 aliphatic carbocycles. The van der Waals surface area contributed by atoms with E-state index >= 15 is 0 Å². The van der Waals surface area contributed by atoms with E-state index in [1.165, 1.54) is 11.8 Å². The van der Waals surface area contributed by atoms with Gasteiger partial charge in [0, 0.05) is 16.1 Å². The van der Waals surface area contributed by atoms with Crippen LogP contribution in [0.25, 0.3) is 17.4 Å². The second-order valence-corrected chi connectivity index (χ2v) is 9.71. The fraction of sp³-hybridized carbons (Fsp3) is 0.0714. The molecule has 0 radical (unpaired) electrons. The molecule has 1 saturated heterocycles. The Kier molecular flexibility index (Phi) is 6.79. The maximum absolute atomic E-state index is 13.4. The summed E-state index contributed by atoms with van der Waals surface area (Å²) in [7, 11) is 0. The molecule has 4 nitrogen and oxygen atoms in total. The maximum Gasteiger partial charge on any atom is 0.267 e. The highest BCUT2D eigenvalue weighted by molar-refractivity contribution is 9.10. The van der Waals surface area contributed by atoms with Crippen LogP contribution in [0.1, 0.15) is 16.9 Å². The molecule has 1 aliphatic rings. The van der Waals surface area contributed by atoms with Gasteiger partial charge >= 0.3 is 0 Å². The number of amides is 1. The van der Waals surface area contributed by atoms with Gasteiger partial charge in [0.1, 0.15) is 11.5 Å². The second kappa shape index (κ2) is 10.3. The summed E-state index contributed by atoms with van der Waals surface area (Å²) in [6, 6.07) is 31.8. The first-order valence-corrected chi connectivity index (χ1v) is 12.5. The van der Waals surface area contributed by atoms with E-state index in [9.17, 15) is 4.79 Å². The van der Waals surface area contributed by atoms with Crippen LogP contribution in [-0.4, -0.2) is 16.0 Å². The van der Waals surface area contributed by atoms with Crippen molar-refractivity contribution in [2.75, 3.05) is 0 Å². The maximum atomic E-state index is 13.4. The highest BCUT2D eigenvalue weighted by Gasteiger charge is 2.33. The van der Waals surface area contributed by atoms with Gasteiger partial charge in [-0.05, 0) is 47.2 Å². The molecule has 1 aromatic heterocycles. The molecule has 1 fully saturated rings. The lowest BCUT2D eigenvalue weighted by Gasteiger charge is -2.15. The summed E-state index contributed by atoms with van der Waals surface area (Å²) < 4.78 is 7.04. The van der Waals surface area contributed by atoms with Gasteiger partial charge < -0.3 is 4.42 Å². The number of benzene rings is 3. The van der Waals surface area contributed by atoms with Crippen LogP contribution in [-0.2, 0) is 17.9 Å². The number of carbonyl (C=O) groups is 1. The van der Waals surface area contributed by atoms with Crippen LogP contribution >= 0.6 is 27.7 Å². The third kappa shape index (κ3) is 5.24. The van der Waals surface area contributed by atoms with Crippen LogP contribution in [0.2, 0.25) is 0 Å². The average molecular weight is 529 g/mol. The SMILES string of the molecule is O=C1/C(=C/c2ccc(-c3ccc(Br)cc3)o2)SC(=NCc2ccccc2)N1Cc1ccccc1. The van der Waals surface area contributed by atoms with E-state index in [4.69, 9.17) is 9.41 Å². The molecule has 2 heterocycles. The number of carbonyl (C=O) groups excluding carboxylic acids is 1. The van der Waals surface area contributed by atoms with Crippen LogP contribution in [0.5, 0.6) is 0 Å². The number of amidine groups is 1. The molecule has 0 spiro atoms. The smallest absolute Gasteiger partial charge is 0.267 e. The number of aliphatic imine (C=N–C) groups is 1. The first kappa shape index (κ1) is 22.4. The van der Waals surface area contributed by atoms with Gasteiger partial charge in [0.2, 0.25) is 0 Å². The molecule has 3 aromatic carbocycles. The van der Waals surface area contributed by atoms with Crippen LogP contribution in [0.15, 0.2) is 116 Å². The minimum absolute atomic E-state index is 0.0674. The van der Waals surface area contributed by atoms with Crippen molar-refractivity contribution >= 4 is 44.8 Å². The highest BCUT2D eigenvalue weighted by atomic mass is 79.9. The molecule has 1 aliphatic heterocycles. The van der Waals surface area contributed by atoms with Crippen molar-refractivity contribution in [3.05, 3.63) is 123 Å². The molecule has 34 heavy (non-hydrogen) atoms. The molecule has 0 atom stereocenters. The fourth-order valence-corrected chi connectivity index (χ4v) is 4.82. The van der Waals surface area contributed by atoms with E-state index in [2.05, 4.69) is 15.9 Å². The number of hydrogen-bond acceptors (Lipinski definition) is 4. The number of furan rings is 1. The van der Waals surface area contributed by atoms with E-state index in [0.717, 1.165) is 26.9 Å². The zero-order valence-electron chi connectivity index (χ0n) is 18.2. The lowest BCUT2D eigenvalue weighted by atomic mass is 10.2. The molecule has 6 heteroatoms. The third-order valence-electron chi connectivity index (χ3n) is 5.34. The van der Waals surface area contributed by atoms with Crippen molar-refractivity contribution in [1.82, 2.24) is 4.90 Å². The Morgan fingerprint density at radius 2 is 1.53 bits per heavy atom. The van der Waals surface area contributed by atoms with Gasteiger partial charge in [0.05, 0.1) is 18.0 Å². The molecular formula is C28H21BrN2O2S. The Bertz CT molecular complexity index is 1350. The predicted octanol–water partition coefficient (Wildman–Crippen LogP) is 7.38. The number of halogens is 1. The summed E-state index contributed by atoms with van der Waals surface area (Å²) in [5.41, 5.74) is 3.14. The van der Waals surface area contributed by atoms with Gasteiger partial charge in [0.15, 0.2) is 5.17 Å². The lowest BCUT2D eigenvalue weighted by molar-refractivity contribution is -0.122. The lowest BCUT2D eigenvalue weighted by Crippen LogP contribution is -2.28. The molecule has 1 amide bonds. The van der Waals surface area contributed by atoms with Crippen LogP contribution in [0.4, 0.5) is 0 Å². The molecule has 0 N–H and O–H groups in total. The van der Waals surface area contributed by atoms with E-state index in [1.54, 1.807) is 11.0 Å². The summed E-state index contributed by atoms with van der Waals surface area (Å²) in [4.78, 5) is 20.5. The second-order valence-electron chi connectivity index (χ2n) is 7.78. The number of hydrogen-bond donors (Lipinski definition) is 0. The van der Waals surface area contributed by atoms with Gasteiger partial charge in [-0.15, -0.1) is 0 Å². The van der Waals surface area contributed by atoms with Crippen molar-refractivity contribution in [2.24, 2.45) is 4.99 Å². The van der Waals surface area contributed by atoms with E-state index in [1.807, 2.05) is 97.1 Å². The van der Waals surface area contributed by atoms with Gasteiger partial charge in [-0.1, -0.05) is 88.7 Å². The quantitative estimate of drug-likeness (QED) is 0.245. The Morgan fingerprint density at radius 3 is 2.24 bits per heavy atom. The van der Waals surface area contributed by atoms with E-state index in [0.29, 0.717) is 28.9 Å². The minimum Gasteiger partial charge on any atom is -0.457 e. The van der Waals surface area contributed by atoms with E-state index < -0.39 is 0 Å². The fourth-order valence-electron chi connectivity index (χ4n) is 3.60. The average Bonchev–Trinajstić information content (AvgIpc) is 3.45. The molecule has 5 rings (SSSR count). The minimum atomic E-state index is -0.0674. The highest BCUT2D eigenvalue weighted by Crippen LogP contribution is 2.35. The zero-order valence-corrected chi connectivity index (χ0v) is 20.6. The van der Waals surface area contributed by atoms with Gasteiger partial charge in [0.25, 0.3) is 5.91 Å². The molecular weight excluding hydrogens is 508 g/mol. The van der Waals surface area contributed by atoms with Gasteiger partial charge in [-0.3, -0.25) is 14.7 Å². The Morgan fingerprint density at radius 1 is 0.853 bits per heavy atom. The van der Waals surface area contributed by atoms with Crippen molar-refractivity contribution in [2.45, 2.75) is 13.1 Å². The molecule has 0 unspecified atom stereocenters. The molecule has 168 valence electrons. The van der Waals surface area contributed by atoms with E-state index in [-0.39, 0.29) is 5.91 Å². The summed E-state index contributed by atoms with van der Waals surface area (Å²) in [5, 5.41) is 0.698. The predicted molar refractivity (Wildman–Crippen MR) is 142 cm³/mol. The Labute approximate surface area is 211 Å². The van der Waals surface area contributed by atoms with Crippen LogP contribution in [0, 0.1) is 0 Å². The monoisotopic (exact) mass is 528 g/mol. The molecule has 4 aromatic rings. The normalized spacial score (nSPS) is 16.0. The third-order valence-corrected chi connectivity index (χ3v) is 6.91. The summed E-state index contributed by atoms with van der Waals surface area (Å²) in [5.74, 6) is 1.33. The first-order chi connectivity index (χ1) is 16.7.